The van der Waals surface area contributed by atoms with Crippen molar-refractivity contribution in [2.45, 2.75) is 6.10 Å². The second-order valence-corrected chi connectivity index (χ2v) is 4.69. The summed E-state index contributed by atoms with van der Waals surface area (Å²) in [5.41, 5.74) is 0.567. The van der Waals surface area contributed by atoms with Crippen LogP contribution in [0.25, 0.3) is 0 Å². The molecule has 0 bridgehead atoms. The number of nitriles is 1. The summed E-state index contributed by atoms with van der Waals surface area (Å²) in [4.78, 5) is 13.1. The predicted octanol–water partition coefficient (Wildman–Crippen LogP) is -0.270. The number of aliphatic hydroxyl groups excluding tert-OH is 1. The Labute approximate surface area is 117 Å². The highest BCUT2D eigenvalue weighted by Gasteiger charge is 2.19. The molecule has 0 saturated carbocycles. The van der Waals surface area contributed by atoms with Crippen LogP contribution in [0, 0.1) is 11.3 Å². The Morgan fingerprint density at radius 3 is 2.85 bits per heavy atom. The van der Waals surface area contributed by atoms with Gasteiger partial charge < -0.3 is 15.2 Å². The third-order valence-electron chi connectivity index (χ3n) is 3.01. The lowest BCUT2D eigenvalue weighted by Gasteiger charge is -2.28. The lowest BCUT2D eigenvalue weighted by Crippen LogP contribution is -2.50. The smallest absolute Gasteiger partial charge is 0.234 e. The molecule has 1 unspecified atom stereocenters. The quantitative estimate of drug-likeness (QED) is 0.772. The zero-order valence-corrected chi connectivity index (χ0v) is 11.1. The minimum atomic E-state index is -0.656. The van der Waals surface area contributed by atoms with Gasteiger partial charge in [0.1, 0.15) is 18.5 Å². The van der Waals surface area contributed by atoms with Crippen molar-refractivity contribution >= 4 is 5.91 Å². The Balaban J connectivity index is 1.75. The summed E-state index contributed by atoms with van der Waals surface area (Å²) >= 11 is 0. The molecule has 1 saturated heterocycles. The van der Waals surface area contributed by atoms with Gasteiger partial charge in [-0.05, 0) is 24.3 Å². The van der Waals surface area contributed by atoms with Crippen LogP contribution in [0.2, 0.25) is 0 Å². The molecule has 1 aliphatic heterocycles. The SMILES string of the molecule is N#Cc1ccc(OCC(O)CN2CCNC(=O)C2)cc1. The van der Waals surface area contributed by atoms with Crippen molar-refractivity contribution < 1.29 is 14.6 Å². The third-order valence-corrected chi connectivity index (χ3v) is 3.01. The molecule has 1 heterocycles. The van der Waals surface area contributed by atoms with Gasteiger partial charge in [0.2, 0.25) is 5.91 Å². The number of piperazine rings is 1. The van der Waals surface area contributed by atoms with Gasteiger partial charge in [0, 0.05) is 19.6 Å². The minimum Gasteiger partial charge on any atom is -0.491 e. The molecule has 6 nitrogen and oxygen atoms in total. The van der Waals surface area contributed by atoms with Gasteiger partial charge in [0.15, 0.2) is 0 Å². The highest BCUT2D eigenvalue weighted by Crippen LogP contribution is 2.12. The number of rotatable bonds is 5. The number of hydrogen-bond donors (Lipinski definition) is 2. The normalized spacial score (nSPS) is 17.1. The largest absolute Gasteiger partial charge is 0.491 e. The molecular weight excluding hydrogens is 258 g/mol. The van der Waals surface area contributed by atoms with E-state index >= 15 is 0 Å². The average Bonchev–Trinajstić information content (AvgIpc) is 2.46. The first-order valence-electron chi connectivity index (χ1n) is 6.47. The van der Waals surface area contributed by atoms with Crippen LogP contribution in [0.5, 0.6) is 5.75 Å². The Bertz CT molecular complexity index is 495. The summed E-state index contributed by atoms with van der Waals surface area (Å²) in [6, 6.07) is 8.74. The first-order valence-corrected chi connectivity index (χ1v) is 6.47. The Kier molecular flexibility index (Phi) is 4.93. The Hall–Kier alpha value is -2.10. The van der Waals surface area contributed by atoms with E-state index in [4.69, 9.17) is 10.00 Å². The maximum absolute atomic E-state index is 11.2. The first-order chi connectivity index (χ1) is 9.67. The van der Waals surface area contributed by atoms with Crippen LogP contribution < -0.4 is 10.1 Å². The van der Waals surface area contributed by atoms with Crippen LogP contribution in [0.1, 0.15) is 5.56 Å². The highest BCUT2D eigenvalue weighted by atomic mass is 16.5. The molecule has 1 fully saturated rings. The van der Waals surface area contributed by atoms with E-state index in [0.29, 0.717) is 30.9 Å². The second-order valence-electron chi connectivity index (χ2n) is 4.69. The zero-order valence-electron chi connectivity index (χ0n) is 11.1. The van der Waals surface area contributed by atoms with Crippen LogP contribution in [-0.2, 0) is 4.79 Å². The molecule has 0 spiro atoms. The summed E-state index contributed by atoms with van der Waals surface area (Å²) in [6.07, 6.45) is -0.656. The minimum absolute atomic E-state index is 0.0172. The van der Waals surface area contributed by atoms with Crippen LogP contribution in [0.15, 0.2) is 24.3 Å². The number of nitrogens with zero attached hydrogens (tertiary/aromatic N) is 2. The van der Waals surface area contributed by atoms with Crippen LogP contribution in [-0.4, -0.2) is 54.8 Å². The van der Waals surface area contributed by atoms with Crippen molar-refractivity contribution in [1.82, 2.24) is 10.2 Å². The fourth-order valence-corrected chi connectivity index (χ4v) is 2.02. The van der Waals surface area contributed by atoms with Crippen molar-refractivity contribution in [3.8, 4) is 11.8 Å². The van der Waals surface area contributed by atoms with Crippen molar-refractivity contribution in [3.63, 3.8) is 0 Å². The number of amides is 1. The Morgan fingerprint density at radius 2 is 2.20 bits per heavy atom. The van der Waals surface area contributed by atoms with E-state index in [1.54, 1.807) is 24.3 Å². The van der Waals surface area contributed by atoms with Crippen molar-refractivity contribution in [3.05, 3.63) is 29.8 Å². The van der Waals surface area contributed by atoms with E-state index in [1.807, 2.05) is 11.0 Å². The van der Waals surface area contributed by atoms with Crippen LogP contribution in [0.4, 0.5) is 0 Å². The van der Waals surface area contributed by atoms with E-state index in [-0.39, 0.29) is 12.5 Å². The number of carbonyl (C=O) groups excluding carboxylic acids is 1. The number of ether oxygens (including phenoxy) is 1. The molecule has 0 aromatic heterocycles. The van der Waals surface area contributed by atoms with Gasteiger partial charge in [-0.2, -0.15) is 5.26 Å². The molecule has 6 heteroatoms. The third kappa shape index (κ3) is 4.23. The van der Waals surface area contributed by atoms with E-state index in [9.17, 15) is 9.90 Å². The number of β-amino-alcohol motifs (C(OH)–C–C–N with tert-alkyl or cyclic N) is 1. The van der Waals surface area contributed by atoms with Gasteiger partial charge in [0.05, 0.1) is 18.2 Å². The van der Waals surface area contributed by atoms with Crippen LogP contribution >= 0.6 is 0 Å². The van der Waals surface area contributed by atoms with E-state index < -0.39 is 6.10 Å². The lowest BCUT2D eigenvalue weighted by molar-refractivity contribution is -0.124. The van der Waals surface area contributed by atoms with Gasteiger partial charge in [-0.3, -0.25) is 9.69 Å². The van der Waals surface area contributed by atoms with Gasteiger partial charge in [-0.15, -0.1) is 0 Å². The first kappa shape index (κ1) is 14.3. The number of carbonyl (C=O) groups is 1. The van der Waals surface area contributed by atoms with E-state index in [2.05, 4.69) is 5.32 Å². The molecule has 1 atom stereocenters. The number of nitrogens with one attached hydrogen (secondary N) is 1. The average molecular weight is 275 g/mol. The summed E-state index contributed by atoms with van der Waals surface area (Å²) in [7, 11) is 0. The molecule has 1 aromatic rings. The molecule has 2 N–H and O–H groups in total. The zero-order chi connectivity index (χ0) is 14.4. The number of hydrogen-bond acceptors (Lipinski definition) is 5. The Morgan fingerprint density at radius 1 is 1.45 bits per heavy atom. The summed E-state index contributed by atoms with van der Waals surface area (Å²) in [5.74, 6) is 0.593. The van der Waals surface area contributed by atoms with Gasteiger partial charge in [-0.25, -0.2) is 0 Å². The molecule has 20 heavy (non-hydrogen) atoms. The van der Waals surface area contributed by atoms with Crippen LogP contribution in [0.3, 0.4) is 0 Å². The standard InChI is InChI=1S/C14H17N3O3/c15-7-11-1-3-13(4-2-11)20-10-12(18)8-17-6-5-16-14(19)9-17/h1-4,12,18H,5-6,8-10H2,(H,16,19). The fourth-order valence-electron chi connectivity index (χ4n) is 2.02. The van der Waals surface area contributed by atoms with Crippen molar-refractivity contribution in [1.29, 1.82) is 5.26 Å². The molecule has 106 valence electrons. The van der Waals surface area contributed by atoms with Gasteiger partial charge >= 0.3 is 0 Å². The maximum Gasteiger partial charge on any atom is 0.234 e. The van der Waals surface area contributed by atoms with E-state index in [1.165, 1.54) is 0 Å². The monoisotopic (exact) mass is 275 g/mol. The topological polar surface area (TPSA) is 85.6 Å². The maximum atomic E-state index is 11.2. The predicted molar refractivity (Wildman–Crippen MR) is 72.1 cm³/mol. The summed E-state index contributed by atoms with van der Waals surface area (Å²) in [6.45, 7) is 2.23. The molecule has 1 amide bonds. The molecular formula is C14H17N3O3. The van der Waals surface area contributed by atoms with Gasteiger partial charge in [-0.1, -0.05) is 0 Å². The van der Waals surface area contributed by atoms with E-state index in [0.717, 1.165) is 6.54 Å². The van der Waals surface area contributed by atoms with Gasteiger partial charge in [0.25, 0.3) is 0 Å². The molecule has 0 radical (unpaired) electrons. The molecule has 2 rings (SSSR count). The summed E-state index contributed by atoms with van der Waals surface area (Å²) in [5, 5.41) is 21.3. The molecule has 0 aliphatic carbocycles. The molecule has 1 aliphatic rings. The lowest BCUT2D eigenvalue weighted by atomic mass is 10.2. The second kappa shape index (κ2) is 6.89. The van der Waals surface area contributed by atoms with Crippen molar-refractivity contribution in [2.24, 2.45) is 0 Å². The number of benzene rings is 1. The highest BCUT2D eigenvalue weighted by molar-refractivity contribution is 5.78. The fraction of sp³-hybridized carbons (Fsp3) is 0.429. The summed E-state index contributed by atoms with van der Waals surface area (Å²) < 4.78 is 5.45. The number of aliphatic hydroxyl groups is 1. The van der Waals surface area contributed by atoms with Crippen molar-refractivity contribution in [2.75, 3.05) is 32.8 Å². The molecule has 1 aromatic carbocycles.